The first-order chi connectivity index (χ1) is 9.81. The first-order valence-corrected chi connectivity index (χ1v) is 7.85. The van der Waals surface area contributed by atoms with Crippen LogP contribution >= 0.6 is 0 Å². The Morgan fingerprint density at radius 1 is 1.25 bits per heavy atom. The van der Waals surface area contributed by atoms with Gasteiger partial charge in [0.15, 0.2) is 0 Å². The van der Waals surface area contributed by atoms with Crippen molar-refractivity contribution in [2.75, 3.05) is 52.5 Å². The summed E-state index contributed by atoms with van der Waals surface area (Å²) in [6, 6.07) is 2.20. The van der Waals surface area contributed by atoms with E-state index in [0.29, 0.717) is 5.92 Å². The number of hydrogen-bond donors (Lipinski definition) is 1. The number of likely N-dealkylation sites (tertiary alicyclic amines) is 1. The number of ether oxygens (including phenoxy) is 1. The van der Waals surface area contributed by atoms with Gasteiger partial charge in [0.05, 0.1) is 18.9 Å². The van der Waals surface area contributed by atoms with Crippen LogP contribution in [-0.2, 0) is 4.74 Å². The molecule has 3 rings (SSSR count). The van der Waals surface area contributed by atoms with E-state index in [4.69, 9.17) is 4.74 Å². The van der Waals surface area contributed by atoms with Crippen LogP contribution in [0, 0.1) is 6.92 Å². The first-order valence-electron chi connectivity index (χ1n) is 7.85. The third-order valence-corrected chi connectivity index (χ3v) is 4.49. The van der Waals surface area contributed by atoms with Gasteiger partial charge in [-0.1, -0.05) is 0 Å². The maximum absolute atomic E-state index is 5.40. The van der Waals surface area contributed by atoms with Crippen LogP contribution in [0.1, 0.15) is 30.1 Å². The van der Waals surface area contributed by atoms with E-state index in [1.165, 1.54) is 43.9 Å². The Labute approximate surface area is 121 Å². The van der Waals surface area contributed by atoms with Crippen molar-refractivity contribution in [3.05, 3.63) is 17.5 Å². The second kappa shape index (κ2) is 6.70. The fourth-order valence-electron chi connectivity index (χ4n) is 3.26. The zero-order valence-electron chi connectivity index (χ0n) is 12.5. The van der Waals surface area contributed by atoms with Crippen molar-refractivity contribution < 1.29 is 4.74 Å². The number of aromatic nitrogens is 2. The maximum Gasteiger partial charge on any atom is 0.0668 e. The highest BCUT2D eigenvalue weighted by molar-refractivity contribution is 5.13. The highest BCUT2D eigenvalue weighted by Gasteiger charge is 2.23. The van der Waals surface area contributed by atoms with Crippen LogP contribution in [0.25, 0.3) is 0 Å². The Morgan fingerprint density at radius 2 is 2.05 bits per heavy atom. The minimum atomic E-state index is 0.610. The zero-order chi connectivity index (χ0) is 13.8. The Morgan fingerprint density at radius 3 is 2.80 bits per heavy atom. The summed E-state index contributed by atoms with van der Waals surface area (Å²) in [6.07, 6.45) is 2.57. The molecule has 1 aromatic heterocycles. The normalized spacial score (nSPS) is 25.9. The molecule has 2 fully saturated rings. The summed E-state index contributed by atoms with van der Waals surface area (Å²) in [5.74, 6) is 0.610. The first kappa shape index (κ1) is 14.0. The molecule has 1 atom stereocenters. The lowest BCUT2D eigenvalue weighted by molar-refractivity contribution is 0.0318. The lowest BCUT2D eigenvalue weighted by Crippen LogP contribution is -2.43. The number of H-pyrrole nitrogens is 1. The molecule has 1 N–H and O–H groups in total. The fourth-order valence-corrected chi connectivity index (χ4v) is 3.26. The topological polar surface area (TPSA) is 44.4 Å². The summed E-state index contributed by atoms with van der Waals surface area (Å²) in [7, 11) is 0. The van der Waals surface area contributed by atoms with Crippen molar-refractivity contribution in [2.45, 2.75) is 25.7 Å². The summed E-state index contributed by atoms with van der Waals surface area (Å²) in [6.45, 7) is 10.8. The molecule has 5 nitrogen and oxygen atoms in total. The second-order valence-electron chi connectivity index (χ2n) is 6.07. The molecule has 2 aliphatic rings. The molecule has 0 radical (unpaired) electrons. The van der Waals surface area contributed by atoms with E-state index in [1.807, 2.05) is 0 Å². The van der Waals surface area contributed by atoms with E-state index in [9.17, 15) is 0 Å². The van der Waals surface area contributed by atoms with Crippen molar-refractivity contribution in [1.82, 2.24) is 20.0 Å². The van der Waals surface area contributed by atoms with E-state index in [2.05, 4.69) is 33.0 Å². The number of aryl methyl sites for hydroxylation is 1. The Kier molecular flexibility index (Phi) is 4.70. The van der Waals surface area contributed by atoms with Gasteiger partial charge in [-0.25, -0.2) is 0 Å². The summed E-state index contributed by atoms with van der Waals surface area (Å²) in [5.41, 5.74) is 2.42. The van der Waals surface area contributed by atoms with Gasteiger partial charge in [0.2, 0.25) is 0 Å². The highest BCUT2D eigenvalue weighted by atomic mass is 16.5. The lowest BCUT2D eigenvalue weighted by atomic mass is 9.94. The molecular weight excluding hydrogens is 252 g/mol. The molecule has 2 aliphatic heterocycles. The smallest absolute Gasteiger partial charge is 0.0668 e. The molecule has 2 saturated heterocycles. The van der Waals surface area contributed by atoms with Gasteiger partial charge in [-0.05, 0) is 32.4 Å². The summed E-state index contributed by atoms with van der Waals surface area (Å²) in [4.78, 5) is 5.12. The molecule has 0 aromatic carbocycles. The Balaban J connectivity index is 1.47. The van der Waals surface area contributed by atoms with Crippen molar-refractivity contribution in [1.29, 1.82) is 0 Å². The highest BCUT2D eigenvalue weighted by Crippen LogP contribution is 2.25. The molecule has 0 bridgehead atoms. The van der Waals surface area contributed by atoms with E-state index in [1.54, 1.807) is 0 Å². The number of morpholine rings is 1. The predicted octanol–water partition coefficient (Wildman–Crippen LogP) is 1.23. The van der Waals surface area contributed by atoms with Crippen molar-refractivity contribution in [2.24, 2.45) is 0 Å². The van der Waals surface area contributed by atoms with Crippen LogP contribution in [0.15, 0.2) is 6.07 Å². The van der Waals surface area contributed by atoms with Gasteiger partial charge < -0.3 is 9.64 Å². The number of nitrogens with one attached hydrogen (secondary N) is 1. The molecule has 112 valence electrons. The minimum absolute atomic E-state index is 0.610. The number of hydrogen-bond acceptors (Lipinski definition) is 4. The second-order valence-corrected chi connectivity index (χ2v) is 6.07. The molecule has 0 amide bonds. The van der Waals surface area contributed by atoms with E-state index in [-0.39, 0.29) is 0 Å². The largest absolute Gasteiger partial charge is 0.379 e. The SMILES string of the molecule is Cc1cc([C@H]2CCCN(CCN3CCOCC3)C2)n[nH]1. The quantitative estimate of drug-likeness (QED) is 0.900. The lowest BCUT2D eigenvalue weighted by Gasteiger charge is -2.34. The van der Waals surface area contributed by atoms with Gasteiger partial charge in [0.1, 0.15) is 0 Å². The molecule has 0 spiro atoms. The zero-order valence-corrected chi connectivity index (χ0v) is 12.5. The van der Waals surface area contributed by atoms with E-state index < -0.39 is 0 Å². The van der Waals surface area contributed by atoms with Gasteiger partial charge in [0.25, 0.3) is 0 Å². The van der Waals surface area contributed by atoms with Crippen molar-refractivity contribution >= 4 is 0 Å². The van der Waals surface area contributed by atoms with Crippen LogP contribution in [0.5, 0.6) is 0 Å². The molecule has 0 saturated carbocycles. The summed E-state index contributed by atoms with van der Waals surface area (Å²) < 4.78 is 5.40. The number of piperidine rings is 1. The van der Waals surface area contributed by atoms with Crippen LogP contribution in [0.3, 0.4) is 0 Å². The number of aromatic amines is 1. The standard InChI is InChI=1S/C15H26N4O/c1-13-11-15(17-16-13)14-3-2-4-19(12-14)6-5-18-7-9-20-10-8-18/h11,14H,2-10,12H2,1H3,(H,16,17)/t14-/m0/s1. The van der Waals surface area contributed by atoms with Crippen LogP contribution in [-0.4, -0.2) is 72.5 Å². The van der Waals surface area contributed by atoms with E-state index in [0.717, 1.165) is 32.8 Å². The van der Waals surface area contributed by atoms with Gasteiger partial charge >= 0.3 is 0 Å². The Hall–Kier alpha value is -0.910. The third-order valence-electron chi connectivity index (χ3n) is 4.49. The van der Waals surface area contributed by atoms with Gasteiger partial charge in [0, 0.05) is 44.3 Å². The molecule has 20 heavy (non-hydrogen) atoms. The number of rotatable bonds is 4. The van der Waals surface area contributed by atoms with Crippen molar-refractivity contribution in [3.8, 4) is 0 Å². The molecule has 0 unspecified atom stereocenters. The third kappa shape index (κ3) is 3.59. The van der Waals surface area contributed by atoms with Gasteiger partial charge in [-0.3, -0.25) is 10.00 Å². The Bertz CT molecular complexity index is 414. The predicted molar refractivity (Wildman–Crippen MR) is 79.0 cm³/mol. The minimum Gasteiger partial charge on any atom is -0.379 e. The van der Waals surface area contributed by atoms with E-state index >= 15 is 0 Å². The summed E-state index contributed by atoms with van der Waals surface area (Å²) >= 11 is 0. The molecular formula is C15H26N4O. The molecule has 3 heterocycles. The van der Waals surface area contributed by atoms with Crippen LogP contribution in [0.4, 0.5) is 0 Å². The summed E-state index contributed by atoms with van der Waals surface area (Å²) in [5, 5.41) is 7.52. The average molecular weight is 278 g/mol. The average Bonchev–Trinajstić information content (AvgIpc) is 2.93. The van der Waals surface area contributed by atoms with Gasteiger partial charge in [-0.15, -0.1) is 0 Å². The van der Waals surface area contributed by atoms with Crippen LogP contribution < -0.4 is 0 Å². The van der Waals surface area contributed by atoms with Gasteiger partial charge in [-0.2, -0.15) is 5.10 Å². The maximum atomic E-state index is 5.40. The number of nitrogens with zero attached hydrogens (tertiary/aromatic N) is 3. The molecule has 1 aromatic rings. The van der Waals surface area contributed by atoms with Crippen molar-refractivity contribution in [3.63, 3.8) is 0 Å². The molecule has 0 aliphatic carbocycles. The fraction of sp³-hybridized carbons (Fsp3) is 0.800. The molecule has 5 heteroatoms. The van der Waals surface area contributed by atoms with Crippen LogP contribution in [0.2, 0.25) is 0 Å². The monoisotopic (exact) mass is 278 g/mol.